The molecule has 2 saturated carbocycles. The van der Waals surface area contributed by atoms with Gasteiger partial charge >= 0.3 is 0 Å². The lowest BCUT2D eigenvalue weighted by Gasteiger charge is -2.36. The molecule has 0 aromatic rings. The fourth-order valence-corrected chi connectivity index (χ4v) is 4.21. The summed E-state index contributed by atoms with van der Waals surface area (Å²) in [6.45, 7) is 3.79. The number of rotatable bonds is 4. The fourth-order valence-electron chi connectivity index (χ4n) is 4.21. The lowest BCUT2D eigenvalue weighted by Crippen LogP contribution is -2.45. The first-order valence-electron chi connectivity index (χ1n) is 8.85. The van der Waals surface area contributed by atoms with Crippen LogP contribution in [0, 0.1) is 17.8 Å². The summed E-state index contributed by atoms with van der Waals surface area (Å²) in [5.41, 5.74) is 0. The third-order valence-electron chi connectivity index (χ3n) is 5.84. The van der Waals surface area contributed by atoms with Crippen molar-refractivity contribution in [3.63, 3.8) is 0 Å². The predicted molar refractivity (Wildman–Crippen MR) is 81.0 cm³/mol. The number of hydrogen-bond acceptors (Lipinski definition) is 3. The van der Waals surface area contributed by atoms with Crippen molar-refractivity contribution in [1.29, 1.82) is 0 Å². The standard InChI is InChI=1S/C17H26N2O3/c1-10-6-12(7-10)17(21)19-5-4-14-13(19)8-15(22-14)16(20)18-9-11-2-3-11/h10-15H,2-9H2,1H3,(H,18,20)/t10?,12?,13-,14-,15-/m1/s1. The van der Waals surface area contributed by atoms with E-state index < -0.39 is 0 Å². The number of carbonyl (C=O) groups excluding carboxylic acids is 2. The summed E-state index contributed by atoms with van der Waals surface area (Å²) in [5.74, 6) is 1.91. The summed E-state index contributed by atoms with van der Waals surface area (Å²) in [6, 6.07) is 0.125. The molecule has 1 N–H and O–H groups in total. The molecule has 5 heteroatoms. The minimum atomic E-state index is -0.357. The van der Waals surface area contributed by atoms with Crippen LogP contribution in [0.3, 0.4) is 0 Å². The lowest BCUT2D eigenvalue weighted by molar-refractivity contribution is -0.140. The molecular weight excluding hydrogens is 280 g/mol. The van der Waals surface area contributed by atoms with Crippen LogP contribution in [0.25, 0.3) is 0 Å². The fraction of sp³-hybridized carbons (Fsp3) is 0.882. The molecule has 122 valence electrons. The van der Waals surface area contributed by atoms with E-state index in [1.807, 2.05) is 4.90 Å². The van der Waals surface area contributed by atoms with Gasteiger partial charge in [-0.15, -0.1) is 0 Å². The van der Waals surface area contributed by atoms with Crippen molar-refractivity contribution in [3.8, 4) is 0 Å². The SMILES string of the molecule is CC1CC(C(=O)N2CC[C@H]3O[C@@H](C(=O)NCC4CC4)C[C@H]32)C1. The Morgan fingerprint density at radius 2 is 1.95 bits per heavy atom. The Hall–Kier alpha value is -1.10. The molecule has 0 radical (unpaired) electrons. The van der Waals surface area contributed by atoms with E-state index in [2.05, 4.69) is 12.2 Å². The van der Waals surface area contributed by atoms with Crippen LogP contribution in [0.4, 0.5) is 0 Å². The molecule has 4 rings (SSSR count). The largest absolute Gasteiger partial charge is 0.363 e. The van der Waals surface area contributed by atoms with E-state index in [1.165, 1.54) is 12.8 Å². The normalized spacial score (nSPS) is 40.2. The number of amides is 2. The minimum absolute atomic E-state index is 0.0194. The quantitative estimate of drug-likeness (QED) is 0.852. The Labute approximate surface area is 131 Å². The van der Waals surface area contributed by atoms with Crippen molar-refractivity contribution < 1.29 is 14.3 Å². The number of nitrogens with one attached hydrogen (secondary N) is 1. The van der Waals surface area contributed by atoms with E-state index in [9.17, 15) is 9.59 Å². The summed E-state index contributed by atoms with van der Waals surface area (Å²) in [7, 11) is 0. The topological polar surface area (TPSA) is 58.6 Å². The van der Waals surface area contributed by atoms with Gasteiger partial charge in [0.1, 0.15) is 6.10 Å². The Morgan fingerprint density at radius 3 is 2.64 bits per heavy atom. The van der Waals surface area contributed by atoms with Crippen LogP contribution in [0.15, 0.2) is 0 Å². The maximum Gasteiger partial charge on any atom is 0.249 e. The van der Waals surface area contributed by atoms with Gasteiger partial charge in [-0.3, -0.25) is 9.59 Å². The Morgan fingerprint density at radius 1 is 1.18 bits per heavy atom. The molecule has 4 aliphatic rings. The van der Waals surface area contributed by atoms with Gasteiger partial charge in [0.05, 0.1) is 12.1 Å². The summed E-state index contributed by atoms with van der Waals surface area (Å²) < 4.78 is 5.93. The average Bonchev–Trinajstić information content (AvgIpc) is 3.06. The van der Waals surface area contributed by atoms with Crippen molar-refractivity contribution in [2.24, 2.45) is 17.8 Å². The lowest BCUT2D eigenvalue weighted by atomic mass is 9.75. The number of hydrogen-bond donors (Lipinski definition) is 1. The van der Waals surface area contributed by atoms with Crippen LogP contribution in [0.1, 0.15) is 45.4 Å². The van der Waals surface area contributed by atoms with Crippen molar-refractivity contribution in [2.45, 2.75) is 63.7 Å². The third kappa shape index (κ3) is 2.64. The molecule has 2 aliphatic carbocycles. The van der Waals surface area contributed by atoms with Gasteiger partial charge in [0, 0.05) is 25.4 Å². The van der Waals surface area contributed by atoms with Gasteiger partial charge in [-0.05, 0) is 43.9 Å². The third-order valence-corrected chi connectivity index (χ3v) is 5.84. The minimum Gasteiger partial charge on any atom is -0.363 e. The van der Waals surface area contributed by atoms with Gasteiger partial charge in [-0.2, -0.15) is 0 Å². The molecule has 2 saturated heterocycles. The molecule has 2 amide bonds. The summed E-state index contributed by atoms with van der Waals surface area (Å²) in [6.07, 6.45) is 5.79. The highest BCUT2D eigenvalue weighted by atomic mass is 16.5. The van der Waals surface area contributed by atoms with Crippen molar-refractivity contribution in [1.82, 2.24) is 10.2 Å². The first-order valence-corrected chi connectivity index (χ1v) is 8.85. The van der Waals surface area contributed by atoms with Crippen molar-refractivity contribution in [3.05, 3.63) is 0 Å². The molecule has 0 spiro atoms. The average molecular weight is 306 g/mol. The molecular formula is C17H26N2O3. The van der Waals surface area contributed by atoms with Gasteiger partial charge in [0.2, 0.25) is 11.8 Å². The van der Waals surface area contributed by atoms with Gasteiger partial charge in [-0.1, -0.05) is 6.92 Å². The van der Waals surface area contributed by atoms with Crippen LogP contribution in [0.5, 0.6) is 0 Å². The van der Waals surface area contributed by atoms with Crippen LogP contribution in [-0.4, -0.2) is 48.1 Å². The summed E-state index contributed by atoms with van der Waals surface area (Å²) in [5, 5.41) is 3.00. The highest BCUT2D eigenvalue weighted by molar-refractivity contribution is 5.83. The second kappa shape index (κ2) is 5.52. The molecule has 0 aromatic heterocycles. The number of carbonyl (C=O) groups is 2. The maximum absolute atomic E-state index is 12.6. The van der Waals surface area contributed by atoms with Gasteiger partial charge in [0.15, 0.2) is 0 Å². The molecule has 0 bridgehead atoms. The Balaban J connectivity index is 1.32. The van der Waals surface area contributed by atoms with Crippen molar-refractivity contribution in [2.75, 3.05) is 13.1 Å². The molecule has 0 aromatic carbocycles. The van der Waals surface area contributed by atoms with Crippen LogP contribution < -0.4 is 5.32 Å². The predicted octanol–water partition coefficient (Wildman–Crippen LogP) is 1.32. The van der Waals surface area contributed by atoms with E-state index in [0.717, 1.165) is 32.4 Å². The van der Waals surface area contributed by atoms with Crippen molar-refractivity contribution >= 4 is 11.8 Å². The molecule has 2 heterocycles. The first kappa shape index (κ1) is 14.5. The molecule has 3 atom stereocenters. The smallest absolute Gasteiger partial charge is 0.249 e. The number of ether oxygens (including phenoxy) is 1. The van der Waals surface area contributed by atoms with Crippen LogP contribution in [0.2, 0.25) is 0 Å². The molecule has 2 aliphatic heterocycles. The molecule has 22 heavy (non-hydrogen) atoms. The zero-order valence-electron chi connectivity index (χ0n) is 13.3. The Kier molecular flexibility index (Phi) is 3.63. The maximum atomic E-state index is 12.6. The zero-order valence-corrected chi connectivity index (χ0v) is 13.3. The van der Waals surface area contributed by atoms with E-state index >= 15 is 0 Å². The second-order valence-corrected chi connectivity index (χ2v) is 7.75. The van der Waals surface area contributed by atoms with E-state index in [0.29, 0.717) is 24.2 Å². The van der Waals surface area contributed by atoms with E-state index in [-0.39, 0.29) is 30.1 Å². The number of nitrogens with zero attached hydrogens (tertiary/aromatic N) is 1. The summed E-state index contributed by atoms with van der Waals surface area (Å²) >= 11 is 0. The van der Waals surface area contributed by atoms with Crippen LogP contribution in [-0.2, 0) is 14.3 Å². The van der Waals surface area contributed by atoms with Gasteiger partial charge < -0.3 is 15.0 Å². The molecule has 4 fully saturated rings. The van der Waals surface area contributed by atoms with Gasteiger partial charge in [0.25, 0.3) is 0 Å². The second-order valence-electron chi connectivity index (χ2n) is 7.75. The Bertz CT molecular complexity index is 471. The highest BCUT2D eigenvalue weighted by Crippen LogP contribution is 2.39. The van der Waals surface area contributed by atoms with E-state index in [1.54, 1.807) is 0 Å². The van der Waals surface area contributed by atoms with Gasteiger partial charge in [-0.25, -0.2) is 0 Å². The zero-order chi connectivity index (χ0) is 15.3. The first-order chi connectivity index (χ1) is 10.6. The molecule has 5 nitrogen and oxygen atoms in total. The number of fused-ring (bicyclic) bond motifs is 1. The monoisotopic (exact) mass is 306 g/mol. The molecule has 0 unspecified atom stereocenters. The highest BCUT2D eigenvalue weighted by Gasteiger charge is 2.49. The van der Waals surface area contributed by atoms with Crippen LogP contribution >= 0.6 is 0 Å². The van der Waals surface area contributed by atoms with E-state index in [4.69, 9.17) is 4.74 Å². The summed E-state index contributed by atoms with van der Waals surface area (Å²) in [4.78, 5) is 26.8. The number of likely N-dealkylation sites (tertiary alicyclic amines) is 1.